The highest BCUT2D eigenvalue weighted by molar-refractivity contribution is 6.01. The standard InChI is InChI=1S/C32H28FN5O3/c1-38-26(17-18-35-38)31(39)37-30(28(21-9-5-3-6-10-21)22-11-7-4-8-12-22)32(40)36-24-15-13-23(14-16-24)29-25(33)19-34-20-27(29)41-2/h3-20,28,30H,1-2H3,(H,36,40)(H,37,39). The molecule has 1 atom stereocenters. The molecule has 2 N–H and O–H groups in total. The van der Waals surface area contributed by atoms with Crippen LogP contribution in [0.2, 0.25) is 0 Å². The van der Waals surface area contributed by atoms with Crippen molar-refractivity contribution in [3.05, 3.63) is 132 Å². The van der Waals surface area contributed by atoms with Crippen molar-refractivity contribution in [2.75, 3.05) is 12.4 Å². The lowest BCUT2D eigenvalue weighted by atomic mass is 9.84. The van der Waals surface area contributed by atoms with E-state index >= 15 is 0 Å². The Balaban J connectivity index is 1.49. The highest BCUT2D eigenvalue weighted by atomic mass is 19.1. The third-order valence-corrected chi connectivity index (χ3v) is 6.80. The van der Waals surface area contributed by atoms with Gasteiger partial charge in [-0.15, -0.1) is 0 Å². The van der Waals surface area contributed by atoms with Crippen molar-refractivity contribution in [1.82, 2.24) is 20.1 Å². The fraction of sp³-hybridized carbons (Fsp3) is 0.125. The van der Waals surface area contributed by atoms with Gasteiger partial charge in [0.2, 0.25) is 5.91 Å². The second-order valence-corrected chi connectivity index (χ2v) is 9.36. The minimum atomic E-state index is -0.986. The molecule has 0 radical (unpaired) electrons. The van der Waals surface area contributed by atoms with Crippen LogP contribution in [-0.4, -0.2) is 39.7 Å². The second kappa shape index (κ2) is 12.3. The van der Waals surface area contributed by atoms with E-state index in [0.29, 0.717) is 22.7 Å². The molecule has 0 aliphatic rings. The molecule has 2 amide bonds. The van der Waals surface area contributed by atoms with E-state index in [-0.39, 0.29) is 5.56 Å². The molecule has 0 spiro atoms. The number of rotatable bonds is 9. The molecule has 2 aromatic heterocycles. The number of benzene rings is 3. The van der Waals surface area contributed by atoms with Crippen LogP contribution in [0.1, 0.15) is 27.5 Å². The lowest BCUT2D eigenvalue weighted by Crippen LogP contribution is -2.48. The van der Waals surface area contributed by atoms with Crippen LogP contribution in [0, 0.1) is 5.82 Å². The van der Waals surface area contributed by atoms with Gasteiger partial charge >= 0.3 is 0 Å². The second-order valence-electron chi connectivity index (χ2n) is 9.36. The summed E-state index contributed by atoms with van der Waals surface area (Å²) in [4.78, 5) is 31.1. The summed E-state index contributed by atoms with van der Waals surface area (Å²) in [6.45, 7) is 0. The van der Waals surface area contributed by atoms with Crippen LogP contribution < -0.4 is 15.4 Å². The molecule has 206 valence electrons. The molecule has 0 bridgehead atoms. The Morgan fingerprint density at radius 3 is 2.07 bits per heavy atom. The van der Waals surface area contributed by atoms with Gasteiger partial charge in [-0.2, -0.15) is 5.10 Å². The van der Waals surface area contributed by atoms with Crippen LogP contribution in [0.5, 0.6) is 5.75 Å². The number of nitrogens with zero attached hydrogens (tertiary/aromatic N) is 3. The largest absolute Gasteiger partial charge is 0.494 e. The van der Waals surface area contributed by atoms with Gasteiger partial charge in [-0.3, -0.25) is 19.3 Å². The zero-order valence-electron chi connectivity index (χ0n) is 22.5. The average Bonchev–Trinajstić information content (AvgIpc) is 3.44. The fourth-order valence-corrected chi connectivity index (χ4v) is 4.80. The monoisotopic (exact) mass is 549 g/mol. The lowest BCUT2D eigenvalue weighted by molar-refractivity contribution is -0.118. The van der Waals surface area contributed by atoms with Crippen LogP contribution in [0.3, 0.4) is 0 Å². The summed E-state index contributed by atoms with van der Waals surface area (Å²) in [5.41, 5.74) is 3.36. The maximum absolute atomic E-state index is 14.6. The molecule has 8 nitrogen and oxygen atoms in total. The van der Waals surface area contributed by atoms with Crippen LogP contribution in [0.25, 0.3) is 11.1 Å². The topological polar surface area (TPSA) is 98.1 Å². The Labute approximate surface area is 236 Å². The van der Waals surface area contributed by atoms with Gasteiger partial charge in [0.05, 0.1) is 25.1 Å². The van der Waals surface area contributed by atoms with Crippen molar-refractivity contribution in [2.45, 2.75) is 12.0 Å². The summed E-state index contributed by atoms with van der Waals surface area (Å²) in [5, 5.41) is 9.97. The first-order chi connectivity index (χ1) is 20.0. The first-order valence-electron chi connectivity index (χ1n) is 12.9. The minimum Gasteiger partial charge on any atom is -0.494 e. The van der Waals surface area contributed by atoms with E-state index in [1.165, 1.54) is 24.2 Å². The summed E-state index contributed by atoms with van der Waals surface area (Å²) >= 11 is 0. The number of carbonyl (C=O) groups is 2. The van der Waals surface area contributed by atoms with E-state index in [0.717, 1.165) is 17.3 Å². The van der Waals surface area contributed by atoms with Crippen molar-refractivity contribution in [3.8, 4) is 16.9 Å². The molecule has 0 saturated heterocycles. The molecular formula is C32H28FN5O3. The van der Waals surface area contributed by atoms with E-state index in [2.05, 4.69) is 20.7 Å². The van der Waals surface area contributed by atoms with Crippen molar-refractivity contribution in [2.24, 2.45) is 7.05 Å². The predicted octanol–water partition coefficient (Wildman–Crippen LogP) is 5.20. The molecule has 5 rings (SSSR count). The maximum Gasteiger partial charge on any atom is 0.270 e. The minimum absolute atomic E-state index is 0.273. The smallest absolute Gasteiger partial charge is 0.270 e. The van der Waals surface area contributed by atoms with Crippen molar-refractivity contribution >= 4 is 17.5 Å². The molecule has 0 saturated carbocycles. The highest BCUT2D eigenvalue weighted by Gasteiger charge is 2.33. The van der Waals surface area contributed by atoms with Gasteiger partial charge in [0, 0.05) is 24.8 Å². The van der Waals surface area contributed by atoms with E-state index in [9.17, 15) is 14.0 Å². The van der Waals surface area contributed by atoms with Gasteiger partial charge in [0.15, 0.2) is 5.82 Å². The normalized spacial score (nSPS) is 11.6. The van der Waals surface area contributed by atoms with Crippen LogP contribution in [-0.2, 0) is 11.8 Å². The molecule has 0 fully saturated rings. The first kappa shape index (κ1) is 27.3. The third-order valence-electron chi connectivity index (χ3n) is 6.80. The zero-order chi connectivity index (χ0) is 28.8. The van der Waals surface area contributed by atoms with Crippen LogP contribution in [0.4, 0.5) is 10.1 Å². The number of ether oxygens (including phenoxy) is 1. The number of amides is 2. The Bertz CT molecular complexity index is 1600. The predicted molar refractivity (Wildman–Crippen MR) is 154 cm³/mol. The molecular weight excluding hydrogens is 521 g/mol. The SMILES string of the molecule is COc1cncc(F)c1-c1ccc(NC(=O)C(NC(=O)c2ccnn2C)C(c2ccccc2)c2ccccc2)cc1. The van der Waals surface area contributed by atoms with Gasteiger partial charge < -0.3 is 15.4 Å². The van der Waals surface area contributed by atoms with Gasteiger partial charge in [-0.1, -0.05) is 72.8 Å². The summed E-state index contributed by atoms with van der Waals surface area (Å²) in [7, 11) is 3.11. The Hall–Kier alpha value is -5.31. The Morgan fingerprint density at radius 1 is 0.878 bits per heavy atom. The molecule has 1 unspecified atom stereocenters. The number of halogens is 1. The fourth-order valence-electron chi connectivity index (χ4n) is 4.80. The quantitative estimate of drug-likeness (QED) is 0.263. The average molecular weight is 550 g/mol. The first-order valence-corrected chi connectivity index (χ1v) is 12.9. The van der Waals surface area contributed by atoms with Crippen molar-refractivity contribution in [1.29, 1.82) is 0 Å². The number of anilines is 1. The van der Waals surface area contributed by atoms with Crippen LogP contribution in [0.15, 0.2) is 110 Å². The van der Waals surface area contributed by atoms with Crippen LogP contribution >= 0.6 is 0 Å². The van der Waals surface area contributed by atoms with E-state index in [4.69, 9.17) is 4.74 Å². The molecule has 3 aromatic carbocycles. The summed E-state index contributed by atoms with van der Waals surface area (Å²) in [6, 6.07) is 26.4. The van der Waals surface area contributed by atoms with Gasteiger partial charge in [-0.05, 0) is 34.9 Å². The zero-order valence-corrected chi connectivity index (χ0v) is 22.5. The third kappa shape index (κ3) is 5.99. The molecule has 2 heterocycles. The summed E-state index contributed by atoms with van der Waals surface area (Å²) < 4.78 is 21.3. The van der Waals surface area contributed by atoms with E-state index < -0.39 is 29.6 Å². The Kier molecular flexibility index (Phi) is 8.15. The number of methoxy groups -OCH3 is 1. The number of pyridine rings is 1. The van der Waals surface area contributed by atoms with Gasteiger partial charge in [0.1, 0.15) is 17.5 Å². The van der Waals surface area contributed by atoms with E-state index in [1.807, 2.05) is 60.7 Å². The number of hydrogen-bond donors (Lipinski definition) is 2. The summed E-state index contributed by atoms with van der Waals surface area (Å²) in [5.74, 6) is -1.57. The lowest BCUT2D eigenvalue weighted by Gasteiger charge is -2.28. The Morgan fingerprint density at radius 2 is 1.51 bits per heavy atom. The number of nitrogens with one attached hydrogen (secondary N) is 2. The number of carbonyl (C=O) groups excluding carboxylic acids is 2. The summed E-state index contributed by atoms with van der Waals surface area (Å²) in [6.07, 6.45) is 4.09. The maximum atomic E-state index is 14.6. The number of aryl methyl sites for hydroxylation is 1. The van der Waals surface area contributed by atoms with Crippen molar-refractivity contribution in [3.63, 3.8) is 0 Å². The van der Waals surface area contributed by atoms with Gasteiger partial charge in [-0.25, -0.2) is 4.39 Å². The molecule has 5 aromatic rings. The molecule has 0 aliphatic carbocycles. The molecule has 41 heavy (non-hydrogen) atoms. The number of aromatic nitrogens is 3. The highest BCUT2D eigenvalue weighted by Crippen LogP contribution is 2.33. The van der Waals surface area contributed by atoms with Gasteiger partial charge in [0.25, 0.3) is 5.91 Å². The van der Waals surface area contributed by atoms with E-state index in [1.54, 1.807) is 37.4 Å². The number of hydrogen-bond acceptors (Lipinski definition) is 5. The molecule has 9 heteroatoms. The van der Waals surface area contributed by atoms with Crippen molar-refractivity contribution < 1.29 is 18.7 Å². The molecule has 0 aliphatic heterocycles.